The van der Waals surface area contributed by atoms with Crippen molar-refractivity contribution in [3.8, 4) is 0 Å². The number of nitrogens with zero attached hydrogens (tertiary/aromatic N) is 2. The zero-order valence-electron chi connectivity index (χ0n) is 6.48. The van der Waals surface area contributed by atoms with E-state index in [0.29, 0.717) is 0 Å². The lowest BCUT2D eigenvalue weighted by molar-refractivity contribution is -0.0447. The molecule has 0 fully saturated rings. The van der Waals surface area contributed by atoms with Gasteiger partial charge in [-0.3, -0.25) is 0 Å². The second-order valence-electron chi connectivity index (χ2n) is 2.09. The fourth-order valence-corrected chi connectivity index (χ4v) is 2.76. The monoisotopic (exact) mass is 252 g/mol. The first-order valence-electron chi connectivity index (χ1n) is 2.68. The summed E-state index contributed by atoms with van der Waals surface area (Å²) in [7, 11) is -10.9. The first kappa shape index (κ1) is 13.1. The van der Waals surface area contributed by atoms with Gasteiger partial charge in [-0.05, 0) is 0 Å². The molecule has 0 N–H and O–H groups in total. The molecule has 11 heteroatoms. The van der Waals surface area contributed by atoms with Gasteiger partial charge in [0.2, 0.25) is 0 Å². The van der Waals surface area contributed by atoms with Crippen LogP contribution in [0.1, 0.15) is 0 Å². The van der Waals surface area contributed by atoms with Crippen LogP contribution in [0.5, 0.6) is 0 Å². The highest BCUT2D eigenvalue weighted by molar-refractivity contribution is 8.31. The van der Waals surface area contributed by atoms with E-state index in [1.54, 1.807) is 4.79 Å². The fraction of sp³-hybridized carbons (Fsp3) is 0.667. The van der Waals surface area contributed by atoms with Crippen LogP contribution in [-0.4, -0.2) is 37.8 Å². The summed E-state index contributed by atoms with van der Waals surface area (Å²) in [5, 5.41) is 0. The smallest absolute Gasteiger partial charge is 0.359 e. The highest BCUT2D eigenvalue weighted by atomic mass is 32.3. The second-order valence-corrected chi connectivity index (χ2v) is 6.13. The highest BCUT2D eigenvalue weighted by Gasteiger charge is 2.58. The minimum absolute atomic E-state index is 0.172. The van der Waals surface area contributed by atoms with Crippen LogP contribution in [0.25, 0.3) is 5.53 Å². The molecule has 0 radical (unpaired) electrons. The number of hydrogen-bond donors (Lipinski definition) is 0. The minimum atomic E-state index is -6.13. The van der Waals surface area contributed by atoms with E-state index in [2.05, 4.69) is 0 Å². The molecule has 0 aromatic carbocycles. The van der Waals surface area contributed by atoms with Gasteiger partial charge in [-0.1, -0.05) is 0 Å². The molecule has 0 aliphatic heterocycles. The summed E-state index contributed by atoms with van der Waals surface area (Å²) in [6, 6.07) is 0. The van der Waals surface area contributed by atoms with Crippen LogP contribution in [-0.2, 0) is 19.7 Å². The van der Waals surface area contributed by atoms with Crippen LogP contribution in [0.15, 0.2) is 0 Å². The van der Waals surface area contributed by atoms with Crippen LogP contribution in [0.4, 0.5) is 13.2 Å². The topological polar surface area (TPSA) is 105 Å². The van der Waals surface area contributed by atoms with Gasteiger partial charge in [0.1, 0.15) is 0 Å². The van der Waals surface area contributed by atoms with Crippen LogP contribution in [0, 0.1) is 0 Å². The molecular formula is C3H3F3N2O4S2. The van der Waals surface area contributed by atoms with Gasteiger partial charge >= 0.3 is 19.7 Å². The molecule has 14 heavy (non-hydrogen) atoms. The molecule has 0 rings (SSSR count). The third-order valence-corrected chi connectivity index (χ3v) is 4.37. The standard InChI is InChI=1S/C3H3F3N2O4S2/c1-13(9,10)2(8-7)14(11,12)3(4,5)6/h1H3. The van der Waals surface area contributed by atoms with Crippen LogP contribution >= 0.6 is 0 Å². The summed E-state index contributed by atoms with van der Waals surface area (Å²) in [5.41, 5.74) is 2.07. The molecule has 0 saturated carbocycles. The Morgan fingerprint density at radius 2 is 1.57 bits per heavy atom. The Kier molecular flexibility index (Phi) is 3.11. The van der Waals surface area contributed by atoms with Gasteiger partial charge in [0.25, 0.3) is 9.84 Å². The lowest BCUT2D eigenvalue weighted by Crippen LogP contribution is -2.35. The Labute approximate surface area is 76.8 Å². The van der Waals surface area contributed by atoms with Crippen molar-refractivity contribution < 1.29 is 34.8 Å². The number of hydrogen-bond acceptors (Lipinski definition) is 4. The van der Waals surface area contributed by atoms with E-state index < -0.39 is 29.6 Å². The molecule has 0 unspecified atom stereocenters. The molecule has 82 valence electrons. The van der Waals surface area contributed by atoms with Crippen molar-refractivity contribution in [2.45, 2.75) is 5.51 Å². The molecule has 0 aromatic heterocycles. The van der Waals surface area contributed by atoms with Crippen LogP contribution < -0.4 is 0 Å². The molecule has 0 aromatic rings. The molecule has 0 heterocycles. The van der Waals surface area contributed by atoms with Gasteiger partial charge < -0.3 is 5.53 Å². The zero-order chi connectivity index (χ0) is 11.8. The Hall–Kier alpha value is -0.930. The fourth-order valence-electron chi connectivity index (χ4n) is 0.426. The summed E-state index contributed by atoms with van der Waals surface area (Å²) in [4.78, 5) is 1.62. The average molecular weight is 252 g/mol. The number of sulfone groups is 2. The molecular weight excluding hydrogens is 249 g/mol. The maximum absolute atomic E-state index is 11.8. The molecule has 0 aliphatic carbocycles. The normalized spacial score (nSPS) is 13.4. The van der Waals surface area contributed by atoms with Gasteiger partial charge in [0.05, 0.1) is 6.26 Å². The third-order valence-electron chi connectivity index (χ3n) is 0.933. The van der Waals surface area contributed by atoms with Gasteiger partial charge in [-0.25, -0.2) is 16.8 Å². The minimum Gasteiger partial charge on any atom is -0.359 e. The SMILES string of the molecule is CS(=O)(=O)C(=[N+]=[N-])S(=O)(=O)C(F)(F)F. The van der Waals surface area contributed by atoms with Gasteiger partial charge in [0.15, 0.2) is 0 Å². The van der Waals surface area contributed by atoms with E-state index >= 15 is 0 Å². The first-order valence-corrected chi connectivity index (χ1v) is 6.05. The lowest BCUT2D eigenvalue weighted by atomic mass is 11.5. The van der Waals surface area contributed by atoms with Gasteiger partial charge in [-0.15, -0.1) is 4.79 Å². The zero-order valence-corrected chi connectivity index (χ0v) is 8.11. The number of alkyl halides is 3. The molecule has 0 amide bonds. The van der Waals surface area contributed by atoms with Crippen molar-refractivity contribution in [1.29, 1.82) is 0 Å². The number of halogens is 3. The Morgan fingerprint density at radius 3 is 1.64 bits per heavy atom. The van der Waals surface area contributed by atoms with Crippen LogP contribution in [0.3, 0.4) is 0 Å². The van der Waals surface area contributed by atoms with Crippen molar-refractivity contribution in [3.05, 3.63) is 5.53 Å². The Balaban J connectivity index is 5.94. The summed E-state index contributed by atoms with van der Waals surface area (Å²) in [6.07, 6.45) is 0.172. The maximum Gasteiger partial charge on any atom is 0.509 e. The molecule has 0 saturated heterocycles. The third kappa shape index (κ3) is 2.30. The van der Waals surface area contributed by atoms with Gasteiger partial charge in [-0.2, -0.15) is 13.2 Å². The maximum atomic E-state index is 11.8. The van der Waals surface area contributed by atoms with E-state index in [9.17, 15) is 30.0 Å². The second kappa shape index (κ2) is 3.33. The Morgan fingerprint density at radius 1 is 1.21 bits per heavy atom. The van der Waals surface area contributed by atoms with Crippen molar-refractivity contribution >= 4 is 24.1 Å². The lowest BCUT2D eigenvalue weighted by Gasteiger charge is -2.01. The van der Waals surface area contributed by atoms with E-state index in [1.165, 1.54) is 0 Å². The molecule has 0 spiro atoms. The molecule has 0 bridgehead atoms. The highest BCUT2D eigenvalue weighted by Crippen LogP contribution is 2.25. The van der Waals surface area contributed by atoms with E-state index in [4.69, 9.17) is 5.53 Å². The average Bonchev–Trinajstić information content (AvgIpc) is 1.80. The summed E-state index contributed by atoms with van der Waals surface area (Å²) < 4.78 is 74.8. The van der Waals surface area contributed by atoms with Crippen molar-refractivity contribution in [1.82, 2.24) is 0 Å². The van der Waals surface area contributed by atoms with E-state index in [1.807, 2.05) is 0 Å². The predicted octanol–water partition coefficient (Wildman–Crippen LogP) is -0.449. The number of rotatable bonds is 0. The van der Waals surface area contributed by atoms with Crippen molar-refractivity contribution in [2.75, 3.05) is 6.26 Å². The first-order chi connectivity index (χ1) is 5.94. The largest absolute Gasteiger partial charge is 0.509 e. The van der Waals surface area contributed by atoms with Gasteiger partial charge in [0, 0.05) is 0 Å². The predicted molar refractivity (Wildman–Crippen MR) is 38.4 cm³/mol. The summed E-state index contributed by atoms with van der Waals surface area (Å²) >= 11 is 0. The quantitative estimate of drug-likeness (QED) is 0.252. The van der Waals surface area contributed by atoms with Crippen molar-refractivity contribution in [2.24, 2.45) is 0 Å². The molecule has 6 nitrogen and oxygen atoms in total. The van der Waals surface area contributed by atoms with E-state index in [0.717, 1.165) is 0 Å². The van der Waals surface area contributed by atoms with Crippen molar-refractivity contribution in [3.63, 3.8) is 0 Å². The summed E-state index contributed by atoms with van der Waals surface area (Å²) in [5.74, 6) is 0. The van der Waals surface area contributed by atoms with Crippen LogP contribution in [0.2, 0.25) is 0 Å². The molecule has 0 atom stereocenters. The summed E-state index contributed by atoms with van der Waals surface area (Å²) in [6.45, 7) is 0. The molecule has 0 aliphatic rings. The Bertz CT molecular complexity index is 480. The van der Waals surface area contributed by atoms with E-state index in [-0.39, 0.29) is 6.26 Å².